The quantitative estimate of drug-likeness (QED) is 0.853. The standard InChI is InChI=1S/C14H22ClNS/c1-9(2)11(4)17-14(10(3)16)12-6-5-7-13(15)8-12/h5-11,14H,16H2,1-4H3. The van der Waals surface area contributed by atoms with E-state index >= 15 is 0 Å². The second-order valence-corrected chi connectivity index (χ2v) is 6.88. The average Bonchev–Trinajstić information content (AvgIpc) is 2.24. The number of thioether (sulfide) groups is 1. The van der Waals surface area contributed by atoms with Gasteiger partial charge in [0.1, 0.15) is 0 Å². The zero-order chi connectivity index (χ0) is 13.0. The highest BCUT2D eigenvalue weighted by molar-refractivity contribution is 8.00. The normalized spacial score (nSPS) is 16.9. The monoisotopic (exact) mass is 271 g/mol. The molecule has 3 heteroatoms. The Morgan fingerprint density at radius 2 is 1.82 bits per heavy atom. The van der Waals surface area contributed by atoms with Crippen molar-refractivity contribution in [2.45, 2.75) is 44.2 Å². The number of hydrogen-bond acceptors (Lipinski definition) is 2. The number of benzene rings is 1. The van der Waals surface area contributed by atoms with Crippen molar-refractivity contribution >= 4 is 23.4 Å². The summed E-state index contributed by atoms with van der Waals surface area (Å²) in [6, 6.07) is 8.16. The smallest absolute Gasteiger partial charge is 0.0448 e. The number of halogens is 1. The summed E-state index contributed by atoms with van der Waals surface area (Å²) in [6.45, 7) is 8.81. The van der Waals surface area contributed by atoms with Gasteiger partial charge in [-0.1, -0.05) is 44.5 Å². The van der Waals surface area contributed by atoms with E-state index in [-0.39, 0.29) is 6.04 Å². The van der Waals surface area contributed by atoms with Gasteiger partial charge >= 0.3 is 0 Å². The number of nitrogens with two attached hydrogens (primary N) is 1. The van der Waals surface area contributed by atoms with Gasteiger partial charge in [0.25, 0.3) is 0 Å². The first-order chi connectivity index (χ1) is 7.91. The van der Waals surface area contributed by atoms with Crippen LogP contribution in [0.25, 0.3) is 0 Å². The lowest BCUT2D eigenvalue weighted by Crippen LogP contribution is -2.25. The summed E-state index contributed by atoms with van der Waals surface area (Å²) in [5.41, 5.74) is 7.33. The number of hydrogen-bond donors (Lipinski definition) is 1. The van der Waals surface area contributed by atoms with Crippen molar-refractivity contribution in [3.8, 4) is 0 Å². The van der Waals surface area contributed by atoms with E-state index in [0.29, 0.717) is 16.4 Å². The minimum atomic E-state index is 0.125. The van der Waals surface area contributed by atoms with Crippen LogP contribution < -0.4 is 5.73 Å². The van der Waals surface area contributed by atoms with Crippen LogP contribution in [0.4, 0.5) is 0 Å². The van der Waals surface area contributed by atoms with E-state index in [2.05, 4.69) is 33.8 Å². The van der Waals surface area contributed by atoms with Crippen LogP contribution in [0.3, 0.4) is 0 Å². The van der Waals surface area contributed by atoms with Crippen molar-refractivity contribution in [3.05, 3.63) is 34.9 Å². The summed E-state index contributed by atoms with van der Waals surface area (Å²) >= 11 is 7.98. The second kappa shape index (κ2) is 6.67. The van der Waals surface area contributed by atoms with Crippen LogP contribution in [-0.2, 0) is 0 Å². The molecule has 1 nitrogen and oxygen atoms in total. The molecule has 0 fully saturated rings. The Bertz CT molecular complexity index is 352. The van der Waals surface area contributed by atoms with Gasteiger partial charge in [0.05, 0.1) is 0 Å². The Kier molecular flexibility index (Phi) is 5.84. The van der Waals surface area contributed by atoms with Crippen molar-refractivity contribution in [3.63, 3.8) is 0 Å². The first-order valence-corrected chi connectivity index (χ1v) is 7.40. The summed E-state index contributed by atoms with van der Waals surface area (Å²) < 4.78 is 0. The molecule has 0 bridgehead atoms. The molecule has 1 aromatic carbocycles. The Balaban J connectivity index is 2.86. The Hall–Kier alpha value is -0.180. The zero-order valence-electron chi connectivity index (χ0n) is 11.0. The molecular weight excluding hydrogens is 250 g/mol. The van der Waals surface area contributed by atoms with E-state index in [1.165, 1.54) is 5.56 Å². The maximum Gasteiger partial charge on any atom is 0.0448 e. The van der Waals surface area contributed by atoms with Gasteiger partial charge in [-0.05, 0) is 30.5 Å². The SMILES string of the molecule is CC(C)C(C)SC(c1cccc(Cl)c1)C(C)N. The molecule has 17 heavy (non-hydrogen) atoms. The van der Waals surface area contributed by atoms with Crippen molar-refractivity contribution in [2.75, 3.05) is 0 Å². The summed E-state index contributed by atoms with van der Waals surface area (Å²) in [5, 5.41) is 1.68. The van der Waals surface area contributed by atoms with Gasteiger partial charge in [0.15, 0.2) is 0 Å². The van der Waals surface area contributed by atoms with Crippen LogP contribution in [0.1, 0.15) is 38.5 Å². The van der Waals surface area contributed by atoms with Crippen LogP contribution in [0.2, 0.25) is 5.02 Å². The molecule has 2 N–H and O–H groups in total. The molecule has 0 radical (unpaired) electrons. The minimum absolute atomic E-state index is 0.125. The average molecular weight is 272 g/mol. The fraction of sp³-hybridized carbons (Fsp3) is 0.571. The van der Waals surface area contributed by atoms with Gasteiger partial charge in [0, 0.05) is 21.6 Å². The minimum Gasteiger partial charge on any atom is -0.327 e. The Morgan fingerprint density at radius 1 is 1.18 bits per heavy atom. The topological polar surface area (TPSA) is 26.0 Å². The molecule has 0 aliphatic carbocycles. The summed E-state index contributed by atoms with van der Waals surface area (Å²) in [5.74, 6) is 0.653. The van der Waals surface area contributed by atoms with Crippen molar-refractivity contribution in [1.82, 2.24) is 0 Å². The summed E-state index contributed by atoms with van der Waals surface area (Å²) in [6.07, 6.45) is 0. The van der Waals surface area contributed by atoms with Crippen LogP contribution >= 0.6 is 23.4 Å². The predicted octanol–water partition coefficient (Wildman–Crippen LogP) is 4.51. The lowest BCUT2D eigenvalue weighted by molar-refractivity contribution is 0.631. The lowest BCUT2D eigenvalue weighted by atomic mass is 10.1. The third-order valence-corrected chi connectivity index (χ3v) is 5.16. The maximum absolute atomic E-state index is 6.10. The number of rotatable bonds is 5. The van der Waals surface area contributed by atoms with E-state index in [4.69, 9.17) is 17.3 Å². The Morgan fingerprint density at radius 3 is 2.29 bits per heavy atom. The first kappa shape index (κ1) is 14.9. The summed E-state index contributed by atoms with van der Waals surface area (Å²) in [7, 11) is 0. The molecule has 3 unspecified atom stereocenters. The highest BCUT2D eigenvalue weighted by atomic mass is 35.5. The van der Waals surface area contributed by atoms with E-state index in [9.17, 15) is 0 Å². The van der Waals surface area contributed by atoms with Gasteiger partial charge < -0.3 is 5.73 Å². The highest BCUT2D eigenvalue weighted by Crippen LogP contribution is 2.37. The second-order valence-electron chi connectivity index (χ2n) is 4.92. The first-order valence-electron chi connectivity index (χ1n) is 6.08. The molecule has 1 aromatic rings. The van der Waals surface area contributed by atoms with Gasteiger partial charge in [-0.25, -0.2) is 0 Å². The molecule has 0 saturated carbocycles. The molecule has 0 aliphatic rings. The van der Waals surface area contributed by atoms with Gasteiger partial charge in [-0.15, -0.1) is 11.8 Å². The molecular formula is C14H22ClNS. The molecule has 96 valence electrons. The van der Waals surface area contributed by atoms with Gasteiger partial charge in [-0.3, -0.25) is 0 Å². The maximum atomic E-state index is 6.10. The highest BCUT2D eigenvalue weighted by Gasteiger charge is 2.21. The van der Waals surface area contributed by atoms with E-state index in [1.807, 2.05) is 30.0 Å². The fourth-order valence-electron chi connectivity index (χ4n) is 1.58. The van der Waals surface area contributed by atoms with Gasteiger partial charge in [-0.2, -0.15) is 0 Å². The Labute approximate surface area is 114 Å². The van der Waals surface area contributed by atoms with E-state index in [0.717, 1.165) is 5.02 Å². The molecule has 0 saturated heterocycles. The largest absolute Gasteiger partial charge is 0.327 e. The molecule has 0 aromatic heterocycles. The predicted molar refractivity (Wildman–Crippen MR) is 79.7 cm³/mol. The summed E-state index contributed by atoms with van der Waals surface area (Å²) in [4.78, 5) is 0. The van der Waals surface area contributed by atoms with Gasteiger partial charge in [0.2, 0.25) is 0 Å². The molecule has 3 atom stereocenters. The van der Waals surface area contributed by atoms with Crippen LogP contribution in [0.5, 0.6) is 0 Å². The van der Waals surface area contributed by atoms with Crippen molar-refractivity contribution in [1.29, 1.82) is 0 Å². The van der Waals surface area contributed by atoms with Crippen LogP contribution in [0, 0.1) is 5.92 Å². The van der Waals surface area contributed by atoms with Crippen molar-refractivity contribution in [2.24, 2.45) is 11.7 Å². The van der Waals surface area contributed by atoms with E-state index in [1.54, 1.807) is 0 Å². The van der Waals surface area contributed by atoms with E-state index < -0.39 is 0 Å². The fourth-order valence-corrected chi connectivity index (χ4v) is 3.11. The molecule has 0 amide bonds. The molecule has 1 rings (SSSR count). The molecule has 0 spiro atoms. The van der Waals surface area contributed by atoms with Crippen molar-refractivity contribution < 1.29 is 0 Å². The van der Waals surface area contributed by atoms with Crippen LogP contribution in [0.15, 0.2) is 24.3 Å². The third-order valence-electron chi connectivity index (χ3n) is 2.95. The molecule has 0 aliphatic heterocycles. The third kappa shape index (κ3) is 4.53. The lowest BCUT2D eigenvalue weighted by Gasteiger charge is -2.26. The zero-order valence-corrected chi connectivity index (χ0v) is 12.6. The molecule has 0 heterocycles. The van der Waals surface area contributed by atoms with Crippen LogP contribution in [-0.4, -0.2) is 11.3 Å².